The number of phenolic OH excluding ortho intramolecular Hbond substituents is 1. The third kappa shape index (κ3) is 2.47. The monoisotopic (exact) mass is 251 g/mol. The Kier molecular flexibility index (Phi) is 3.28. The first-order valence-corrected chi connectivity index (χ1v) is 6.19. The van der Waals surface area contributed by atoms with Gasteiger partial charge in [0.25, 0.3) is 5.91 Å². The fraction of sp³-hybridized carbons (Fsp3) is 0.500. The van der Waals surface area contributed by atoms with Gasteiger partial charge < -0.3 is 10.4 Å². The highest BCUT2D eigenvalue weighted by atomic mass is 19.1. The Hall–Kier alpha value is -1.58. The summed E-state index contributed by atoms with van der Waals surface area (Å²) in [6, 6.07) is 3.66. The second-order valence-corrected chi connectivity index (χ2v) is 5.57. The molecule has 18 heavy (non-hydrogen) atoms. The van der Waals surface area contributed by atoms with Crippen molar-refractivity contribution in [2.75, 3.05) is 0 Å². The van der Waals surface area contributed by atoms with E-state index < -0.39 is 11.7 Å². The van der Waals surface area contributed by atoms with E-state index in [2.05, 4.69) is 19.2 Å². The van der Waals surface area contributed by atoms with Crippen LogP contribution in [0.4, 0.5) is 4.39 Å². The van der Waals surface area contributed by atoms with Crippen molar-refractivity contribution in [3.05, 3.63) is 29.6 Å². The zero-order valence-corrected chi connectivity index (χ0v) is 10.7. The summed E-state index contributed by atoms with van der Waals surface area (Å²) in [5, 5.41) is 12.0. The van der Waals surface area contributed by atoms with Gasteiger partial charge in [0.05, 0.1) is 5.56 Å². The number of aromatic hydroxyl groups is 1. The third-order valence-electron chi connectivity index (χ3n) is 3.76. The number of rotatable bonds is 2. The highest BCUT2D eigenvalue weighted by Gasteiger charge is 2.35. The lowest BCUT2D eigenvalue weighted by Gasteiger charge is -2.27. The molecule has 0 aromatic heterocycles. The Bertz CT molecular complexity index is 471. The van der Waals surface area contributed by atoms with Crippen LogP contribution in [0.1, 0.15) is 43.5 Å². The molecule has 1 amide bonds. The fourth-order valence-corrected chi connectivity index (χ4v) is 2.52. The lowest BCUT2D eigenvalue weighted by Crippen LogP contribution is -2.41. The van der Waals surface area contributed by atoms with Crippen LogP contribution in [0, 0.1) is 11.2 Å². The maximum atomic E-state index is 13.5. The van der Waals surface area contributed by atoms with Crippen molar-refractivity contribution in [1.82, 2.24) is 5.32 Å². The average molecular weight is 251 g/mol. The average Bonchev–Trinajstić information content (AvgIpc) is 2.58. The van der Waals surface area contributed by atoms with E-state index in [1.165, 1.54) is 12.1 Å². The van der Waals surface area contributed by atoms with Crippen LogP contribution >= 0.6 is 0 Å². The summed E-state index contributed by atoms with van der Waals surface area (Å²) in [5.41, 5.74) is 0.0405. The molecule has 1 unspecified atom stereocenters. The molecule has 2 rings (SSSR count). The topological polar surface area (TPSA) is 49.3 Å². The molecule has 1 fully saturated rings. The molecule has 1 atom stereocenters. The van der Waals surface area contributed by atoms with Crippen LogP contribution in [0.2, 0.25) is 0 Å². The van der Waals surface area contributed by atoms with E-state index in [0.29, 0.717) is 0 Å². The molecule has 1 aromatic carbocycles. The van der Waals surface area contributed by atoms with E-state index in [1.54, 1.807) is 0 Å². The summed E-state index contributed by atoms with van der Waals surface area (Å²) in [5.74, 6) is -1.28. The van der Waals surface area contributed by atoms with Crippen LogP contribution in [-0.4, -0.2) is 17.1 Å². The highest BCUT2D eigenvalue weighted by Crippen LogP contribution is 2.37. The van der Waals surface area contributed by atoms with Crippen LogP contribution in [0.25, 0.3) is 0 Å². The van der Waals surface area contributed by atoms with Gasteiger partial charge in [-0.25, -0.2) is 4.39 Å². The molecule has 2 N–H and O–H groups in total. The Morgan fingerprint density at radius 2 is 2.22 bits per heavy atom. The minimum absolute atomic E-state index is 0.0181. The predicted octanol–water partition coefficient (Wildman–Crippen LogP) is 2.84. The number of benzene rings is 1. The van der Waals surface area contributed by atoms with Crippen LogP contribution in [0.3, 0.4) is 0 Å². The maximum absolute atomic E-state index is 13.5. The van der Waals surface area contributed by atoms with Crippen LogP contribution in [0.5, 0.6) is 5.75 Å². The van der Waals surface area contributed by atoms with Gasteiger partial charge in [0.2, 0.25) is 0 Å². The number of halogens is 1. The largest absolute Gasteiger partial charge is 0.508 e. The molecule has 0 radical (unpaired) electrons. The van der Waals surface area contributed by atoms with Crippen molar-refractivity contribution in [2.24, 2.45) is 5.41 Å². The van der Waals surface area contributed by atoms with Crippen molar-refractivity contribution in [3.63, 3.8) is 0 Å². The molecule has 98 valence electrons. The minimum Gasteiger partial charge on any atom is -0.508 e. The Morgan fingerprint density at radius 3 is 2.78 bits per heavy atom. The first-order valence-electron chi connectivity index (χ1n) is 6.19. The van der Waals surface area contributed by atoms with E-state index in [4.69, 9.17) is 5.11 Å². The highest BCUT2D eigenvalue weighted by molar-refractivity contribution is 5.94. The summed E-state index contributed by atoms with van der Waals surface area (Å²) in [6.45, 7) is 4.22. The number of hydrogen-bond acceptors (Lipinski definition) is 2. The number of nitrogens with one attached hydrogen (secondary N) is 1. The standard InChI is InChI=1S/C14H18FNO2/c1-14(2)7-3-4-12(14)16-13(18)10-6-5-9(17)8-11(10)15/h5-6,8,12,17H,3-4,7H2,1-2H3,(H,16,18). The summed E-state index contributed by atoms with van der Waals surface area (Å²) in [6.07, 6.45) is 3.07. The quantitative estimate of drug-likeness (QED) is 0.849. The van der Waals surface area contributed by atoms with E-state index in [1.807, 2.05) is 0 Å². The molecule has 0 bridgehead atoms. The molecule has 1 aliphatic carbocycles. The van der Waals surface area contributed by atoms with E-state index in [0.717, 1.165) is 25.3 Å². The lowest BCUT2D eigenvalue weighted by molar-refractivity contribution is 0.0906. The van der Waals surface area contributed by atoms with Gasteiger partial charge in [-0.3, -0.25) is 4.79 Å². The summed E-state index contributed by atoms with van der Waals surface area (Å²) in [7, 11) is 0. The number of amides is 1. The fourth-order valence-electron chi connectivity index (χ4n) is 2.52. The van der Waals surface area contributed by atoms with Crippen LogP contribution in [-0.2, 0) is 0 Å². The van der Waals surface area contributed by atoms with E-state index >= 15 is 0 Å². The van der Waals surface area contributed by atoms with Crippen molar-refractivity contribution in [2.45, 2.75) is 39.2 Å². The van der Waals surface area contributed by atoms with Gasteiger partial charge in [0, 0.05) is 12.1 Å². The van der Waals surface area contributed by atoms with Gasteiger partial charge in [-0.15, -0.1) is 0 Å². The SMILES string of the molecule is CC1(C)CCCC1NC(=O)c1ccc(O)cc1F. The first kappa shape index (κ1) is 12.9. The van der Waals surface area contributed by atoms with Crippen molar-refractivity contribution >= 4 is 5.91 Å². The molecule has 0 aliphatic heterocycles. The summed E-state index contributed by atoms with van der Waals surface area (Å²) < 4.78 is 13.5. The molecule has 3 nitrogen and oxygen atoms in total. The normalized spacial score (nSPS) is 21.8. The van der Waals surface area contributed by atoms with Gasteiger partial charge in [-0.05, 0) is 30.4 Å². The third-order valence-corrected chi connectivity index (χ3v) is 3.76. The molecule has 1 aromatic rings. The molecule has 1 aliphatic rings. The number of phenols is 1. The van der Waals surface area contributed by atoms with Gasteiger partial charge in [-0.2, -0.15) is 0 Å². The predicted molar refractivity (Wildman–Crippen MR) is 67.0 cm³/mol. The minimum atomic E-state index is -0.691. The zero-order valence-electron chi connectivity index (χ0n) is 10.7. The molecule has 0 saturated heterocycles. The summed E-state index contributed by atoms with van der Waals surface area (Å²) in [4.78, 5) is 12.0. The van der Waals surface area contributed by atoms with Crippen molar-refractivity contribution in [1.29, 1.82) is 0 Å². The number of carbonyl (C=O) groups is 1. The molecular formula is C14H18FNO2. The number of hydrogen-bond donors (Lipinski definition) is 2. The van der Waals surface area contributed by atoms with E-state index in [9.17, 15) is 9.18 Å². The Morgan fingerprint density at radius 1 is 1.50 bits per heavy atom. The molecular weight excluding hydrogens is 233 g/mol. The lowest BCUT2D eigenvalue weighted by atomic mass is 9.87. The molecule has 1 saturated carbocycles. The van der Waals surface area contributed by atoms with Crippen LogP contribution < -0.4 is 5.32 Å². The smallest absolute Gasteiger partial charge is 0.254 e. The second kappa shape index (κ2) is 4.59. The van der Waals surface area contributed by atoms with Crippen molar-refractivity contribution < 1.29 is 14.3 Å². The maximum Gasteiger partial charge on any atom is 0.254 e. The van der Waals surface area contributed by atoms with E-state index in [-0.39, 0.29) is 22.8 Å². The molecule has 0 spiro atoms. The first-order chi connectivity index (χ1) is 8.40. The number of carbonyl (C=O) groups excluding carboxylic acids is 1. The van der Waals surface area contributed by atoms with Gasteiger partial charge >= 0.3 is 0 Å². The Balaban J connectivity index is 2.13. The summed E-state index contributed by atoms with van der Waals surface area (Å²) >= 11 is 0. The van der Waals surface area contributed by atoms with Gasteiger partial charge in [-0.1, -0.05) is 20.3 Å². The zero-order chi connectivity index (χ0) is 13.3. The Labute approximate surface area is 106 Å². The molecule has 4 heteroatoms. The van der Waals surface area contributed by atoms with Gasteiger partial charge in [0.15, 0.2) is 0 Å². The van der Waals surface area contributed by atoms with Crippen LogP contribution in [0.15, 0.2) is 18.2 Å². The second-order valence-electron chi connectivity index (χ2n) is 5.57. The molecule has 0 heterocycles. The van der Waals surface area contributed by atoms with Crippen molar-refractivity contribution in [3.8, 4) is 5.75 Å². The van der Waals surface area contributed by atoms with Gasteiger partial charge in [0.1, 0.15) is 11.6 Å².